The number of hydroxylamine groups is 2. The van der Waals surface area contributed by atoms with Crippen molar-refractivity contribution < 1.29 is 18.4 Å². The first kappa shape index (κ1) is 20.9. The molecular formula is C24H24F2N4O2. The summed E-state index contributed by atoms with van der Waals surface area (Å²) >= 11 is 0. The zero-order valence-electron chi connectivity index (χ0n) is 17.7. The highest BCUT2D eigenvalue weighted by molar-refractivity contribution is 5.79. The Bertz CT molecular complexity index is 1120. The number of benzene rings is 2. The molecule has 5 rings (SSSR count). The normalized spacial score (nSPS) is 28.9. The molecule has 2 N–H and O–H groups in total. The number of aliphatic imine (C=N–C) groups is 1. The van der Waals surface area contributed by atoms with E-state index in [1.165, 1.54) is 5.06 Å². The number of fused-ring (bicyclic) bond motifs is 3. The molecule has 166 valence electrons. The summed E-state index contributed by atoms with van der Waals surface area (Å²) in [4.78, 5) is 14.7. The summed E-state index contributed by atoms with van der Waals surface area (Å²) < 4.78 is 30.3. The quantitative estimate of drug-likeness (QED) is 0.687. The van der Waals surface area contributed by atoms with Crippen molar-refractivity contribution in [3.05, 3.63) is 65.0 Å². The Kier molecular flexibility index (Phi) is 4.91. The molecule has 3 aliphatic rings. The lowest BCUT2D eigenvalue weighted by molar-refractivity contribution is -0.239. The Morgan fingerprint density at radius 1 is 1.22 bits per heavy atom. The maximum absolute atomic E-state index is 12.7. The number of halogens is 2. The Morgan fingerprint density at radius 3 is 2.62 bits per heavy atom. The SMILES string of the molecule is [C-]#[N+]c1cccc(-c2ccc3c(c2)C2(N=C(N)N(C)O2)C2(CCC(OC(F)F)CC2)C3)c1. The van der Waals surface area contributed by atoms with Crippen molar-refractivity contribution in [1.29, 1.82) is 0 Å². The Labute approximate surface area is 185 Å². The molecule has 0 amide bonds. The van der Waals surface area contributed by atoms with Crippen LogP contribution in [0.3, 0.4) is 0 Å². The van der Waals surface area contributed by atoms with E-state index in [2.05, 4.69) is 17.0 Å². The van der Waals surface area contributed by atoms with Gasteiger partial charge in [0.1, 0.15) is 0 Å². The van der Waals surface area contributed by atoms with Gasteiger partial charge in [-0.1, -0.05) is 30.3 Å². The van der Waals surface area contributed by atoms with Crippen molar-refractivity contribution in [3.63, 3.8) is 0 Å². The molecule has 32 heavy (non-hydrogen) atoms. The maximum Gasteiger partial charge on any atom is 0.345 e. The molecule has 1 atom stereocenters. The highest BCUT2D eigenvalue weighted by atomic mass is 19.3. The standard InChI is InChI=1S/C24H24F2N4O2/c1-28-18-5-3-4-15(12-18)16-6-7-17-14-23(10-8-19(9-11-23)31-21(25)26)24(20(17)13-16)29-22(27)30(2)32-24/h3-7,12-13,19,21H,8-11,14H2,2H3,(H2,27,29). The van der Waals surface area contributed by atoms with Crippen molar-refractivity contribution in [2.75, 3.05) is 7.05 Å². The van der Waals surface area contributed by atoms with E-state index in [1.54, 1.807) is 13.1 Å². The van der Waals surface area contributed by atoms with Crippen LogP contribution in [0, 0.1) is 12.0 Å². The van der Waals surface area contributed by atoms with E-state index in [4.69, 9.17) is 26.9 Å². The van der Waals surface area contributed by atoms with E-state index in [0.717, 1.165) is 28.7 Å². The van der Waals surface area contributed by atoms with E-state index in [0.29, 0.717) is 37.3 Å². The van der Waals surface area contributed by atoms with Crippen molar-refractivity contribution in [3.8, 4) is 11.1 Å². The summed E-state index contributed by atoms with van der Waals surface area (Å²) in [7, 11) is 1.73. The summed E-state index contributed by atoms with van der Waals surface area (Å²) in [5.74, 6) is 0.295. The molecule has 6 nitrogen and oxygen atoms in total. The van der Waals surface area contributed by atoms with Crippen LogP contribution in [0.15, 0.2) is 47.5 Å². The van der Waals surface area contributed by atoms with E-state index < -0.39 is 18.4 Å². The van der Waals surface area contributed by atoms with Gasteiger partial charge in [-0.05, 0) is 60.9 Å². The van der Waals surface area contributed by atoms with Crippen LogP contribution in [0.2, 0.25) is 0 Å². The molecule has 1 fully saturated rings. The minimum Gasteiger partial charge on any atom is -0.368 e. The molecule has 1 heterocycles. The fraction of sp³-hybridized carbons (Fsp3) is 0.417. The highest BCUT2D eigenvalue weighted by Crippen LogP contribution is 2.62. The first-order valence-electron chi connectivity index (χ1n) is 10.7. The molecule has 2 aliphatic carbocycles. The first-order chi connectivity index (χ1) is 15.4. The van der Waals surface area contributed by atoms with Crippen LogP contribution in [0.25, 0.3) is 16.0 Å². The van der Waals surface area contributed by atoms with Crippen LogP contribution in [0.4, 0.5) is 14.5 Å². The molecule has 1 aliphatic heterocycles. The van der Waals surface area contributed by atoms with Gasteiger partial charge in [0.05, 0.1) is 12.7 Å². The molecule has 0 saturated heterocycles. The number of guanidine groups is 1. The van der Waals surface area contributed by atoms with E-state index >= 15 is 0 Å². The maximum atomic E-state index is 12.7. The van der Waals surface area contributed by atoms with Crippen LogP contribution < -0.4 is 5.73 Å². The number of alkyl halides is 2. The molecule has 2 spiro atoms. The average Bonchev–Trinajstić information content (AvgIpc) is 3.23. The van der Waals surface area contributed by atoms with E-state index in [1.807, 2.05) is 24.3 Å². The Hall–Kier alpha value is -3.02. The first-order valence-corrected chi connectivity index (χ1v) is 10.7. The van der Waals surface area contributed by atoms with Gasteiger partial charge in [0.2, 0.25) is 11.7 Å². The van der Waals surface area contributed by atoms with Crippen molar-refractivity contribution in [2.24, 2.45) is 16.1 Å². The van der Waals surface area contributed by atoms with Gasteiger partial charge in [0, 0.05) is 18.0 Å². The van der Waals surface area contributed by atoms with Gasteiger partial charge in [-0.3, -0.25) is 0 Å². The average molecular weight is 438 g/mol. The number of ether oxygens (including phenoxy) is 1. The summed E-state index contributed by atoms with van der Waals surface area (Å²) in [6.07, 6.45) is 2.59. The van der Waals surface area contributed by atoms with Crippen LogP contribution in [-0.4, -0.2) is 30.8 Å². The predicted molar refractivity (Wildman–Crippen MR) is 116 cm³/mol. The van der Waals surface area contributed by atoms with E-state index in [-0.39, 0.29) is 5.41 Å². The summed E-state index contributed by atoms with van der Waals surface area (Å²) in [5, 5.41) is 1.49. The number of hydrogen-bond donors (Lipinski definition) is 1. The second-order valence-corrected chi connectivity index (χ2v) is 8.79. The molecule has 1 unspecified atom stereocenters. The molecule has 1 saturated carbocycles. The number of rotatable bonds is 3. The lowest BCUT2D eigenvalue weighted by Gasteiger charge is -2.45. The molecule has 0 radical (unpaired) electrons. The number of hydrogen-bond acceptors (Lipinski definition) is 5. The number of nitrogens with zero attached hydrogens (tertiary/aromatic N) is 3. The largest absolute Gasteiger partial charge is 0.368 e. The van der Waals surface area contributed by atoms with Gasteiger partial charge < -0.3 is 10.5 Å². The molecule has 2 aromatic carbocycles. The van der Waals surface area contributed by atoms with Gasteiger partial charge >= 0.3 is 6.61 Å². The Balaban J connectivity index is 1.56. The lowest BCUT2D eigenvalue weighted by atomic mass is 9.66. The number of nitrogens with two attached hydrogens (primary N) is 1. The lowest BCUT2D eigenvalue weighted by Crippen LogP contribution is -2.46. The summed E-state index contributed by atoms with van der Waals surface area (Å²) in [6.45, 7) is 4.54. The van der Waals surface area contributed by atoms with Crippen LogP contribution in [0.1, 0.15) is 36.8 Å². The molecule has 8 heteroatoms. The zero-order chi connectivity index (χ0) is 22.5. The van der Waals surface area contributed by atoms with Crippen LogP contribution in [-0.2, 0) is 21.7 Å². The van der Waals surface area contributed by atoms with Crippen LogP contribution >= 0.6 is 0 Å². The molecule has 2 aromatic rings. The minimum absolute atomic E-state index is 0.295. The predicted octanol–water partition coefficient (Wildman–Crippen LogP) is 4.97. The monoisotopic (exact) mass is 438 g/mol. The van der Waals surface area contributed by atoms with Gasteiger partial charge in [-0.25, -0.2) is 19.7 Å². The second kappa shape index (κ2) is 7.54. The summed E-state index contributed by atoms with van der Waals surface area (Å²) in [6, 6.07) is 13.7. The minimum atomic E-state index is -2.76. The van der Waals surface area contributed by atoms with Crippen molar-refractivity contribution >= 4 is 11.6 Å². The third-order valence-corrected chi connectivity index (χ3v) is 7.08. The van der Waals surface area contributed by atoms with Crippen molar-refractivity contribution in [2.45, 2.75) is 50.5 Å². The van der Waals surface area contributed by atoms with Gasteiger partial charge in [0.15, 0.2) is 5.69 Å². The second-order valence-electron chi connectivity index (χ2n) is 8.79. The topological polar surface area (TPSA) is 64.4 Å². The van der Waals surface area contributed by atoms with E-state index in [9.17, 15) is 8.78 Å². The highest BCUT2D eigenvalue weighted by Gasteiger charge is 2.63. The molecule has 0 aromatic heterocycles. The molecule has 0 bridgehead atoms. The van der Waals surface area contributed by atoms with Gasteiger partial charge in [-0.15, -0.1) is 0 Å². The van der Waals surface area contributed by atoms with Gasteiger partial charge in [0.25, 0.3) is 0 Å². The smallest absolute Gasteiger partial charge is 0.345 e. The fourth-order valence-electron chi connectivity index (χ4n) is 5.51. The Morgan fingerprint density at radius 2 is 1.97 bits per heavy atom. The summed E-state index contributed by atoms with van der Waals surface area (Å²) in [5.41, 5.74) is 9.32. The fourth-order valence-corrected chi connectivity index (χ4v) is 5.51. The zero-order valence-corrected chi connectivity index (χ0v) is 17.7. The molecular weight excluding hydrogens is 414 g/mol. The third-order valence-electron chi connectivity index (χ3n) is 7.08. The van der Waals surface area contributed by atoms with Gasteiger partial charge in [-0.2, -0.15) is 8.78 Å². The van der Waals surface area contributed by atoms with Crippen LogP contribution in [0.5, 0.6) is 0 Å². The van der Waals surface area contributed by atoms with Crippen molar-refractivity contribution in [1.82, 2.24) is 5.06 Å². The third kappa shape index (κ3) is 3.15.